The second kappa shape index (κ2) is 7.32. The van der Waals surface area contributed by atoms with Gasteiger partial charge in [0.05, 0.1) is 12.2 Å². The number of rotatable bonds is 1. The molecule has 0 aromatic carbocycles. The molecule has 5 aliphatic rings. The Labute approximate surface area is 202 Å². The van der Waals surface area contributed by atoms with E-state index in [4.69, 9.17) is 0 Å². The zero-order valence-corrected chi connectivity index (χ0v) is 22.3. The molecule has 3 N–H and O–H groups in total. The van der Waals surface area contributed by atoms with Crippen LogP contribution < -0.4 is 0 Å². The predicted molar refractivity (Wildman–Crippen MR) is 133 cm³/mol. The van der Waals surface area contributed by atoms with Crippen LogP contribution in [0.3, 0.4) is 0 Å². The Balaban J connectivity index is 1.60. The fraction of sp³-hybridized carbons (Fsp3) is 0.933. The third-order valence-corrected chi connectivity index (χ3v) is 12.8. The van der Waals surface area contributed by atoms with Crippen molar-refractivity contribution in [1.82, 2.24) is 0 Å². The van der Waals surface area contributed by atoms with Gasteiger partial charge in [-0.25, -0.2) is 0 Å². The van der Waals surface area contributed by atoms with Crippen molar-refractivity contribution in [2.24, 2.45) is 56.7 Å². The minimum Gasteiger partial charge on any atom is -0.396 e. The zero-order chi connectivity index (χ0) is 24.2. The Morgan fingerprint density at radius 3 is 2.24 bits per heavy atom. The number of allylic oxidation sites excluding steroid dienone is 2. The maximum absolute atomic E-state index is 11.2. The summed E-state index contributed by atoms with van der Waals surface area (Å²) in [4.78, 5) is 0. The molecule has 4 saturated carbocycles. The van der Waals surface area contributed by atoms with E-state index in [0.717, 1.165) is 38.5 Å². The quantitative estimate of drug-likeness (QED) is 0.424. The first-order valence-corrected chi connectivity index (χ1v) is 13.9. The van der Waals surface area contributed by atoms with Crippen LogP contribution in [-0.4, -0.2) is 34.1 Å². The molecule has 3 nitrogen and oxygen atoms in total. The van der Waals surface area contributed by atoms with Crippen molar-refractivity contribution in [3.63, 3.8) is 0 Å². The summed E-state index contributed by atoms with van der Waals surface area (Å²) in [7, 11) is 0. The standard InChI is InChI=1S/C30H50O3/c1-26(2)15-19-20-8-9-23-28(5)12-11-24(33)27(3,4)22(28)10-13-29(23,6)30(20,7)14-18(17-31)25(19)21(32)16-26/h8,18-19,21-25,31-33H,9-17H2,1-7H3. The van der Waals surface area contributed by atoms with Gasteiger partial charge < -0.3 is 15.3 Å². The highest BCUT2D eigenvalue weighted by atomic mass is 16.3. The van der Waals surface area contributed by atoms with E-state index < -0.39 is 0 Å². The van der Waals surface area contributed by atoms with Crippen LogP contribution in [0.5, 0.6) is 0 Å². The summed E-state index contributed by atoms with van der Waals surface area (Å²) < 4.78 is 0. The number of fused-ring (bicyclic) bond motifs is 7. The van der Waals surface area contributed by atoms with Gasteiger partial charge >= 0.3 is 0 Å². The molecule has 0 radical (unpaired) electrons. The second-order valence-electron chi connectivity index (χ2n) is 15.1. The molecule has 0 amide bonds. The van der Waals surface area contributed by atoms with Crippen molar-refractivity contribution in [3.05, 3.63) is 11.6 Å². The van der Waals surface area contributed by atoms with E-state index in [9.17, 15) is 15.3 Å². The van der Waals surface area contributed by atoms with Crippen LogP contribution in [-0.2, 0) is 0 Å². The molecule has 0 aromatic rings. The van der Waals surface area contributed by atoms with Crippen LogP contribution >= 0.6 is 0 Å². The summed E-state index contributed by atoms with van der Waals surface area (Å²) in [6.07, 6.45) is 10.7. The number of hydrogen-bond donors (Lipinski definition) is 3. The smallest absolute Gasteiger partial charge is 0.0594 e. The fourth-order valence-electron chi connectivity index (χ4n) is 11.0. The molecule has 10 atom stereocenters. The Morgan fingerprint density at radius 1 is 0.879 bits per heavy atom. The van der Waals surface area contributed by atoms with Crippen molar-refractivity contribution in [1.29, 1.82) is 0 Å². The Kier molecular flexibility index (Phi) is 5.40. The first-order chi connectivity index (χ1) is 15.2. The van der Waals surface area contributed by atoms with E-state index in [1.807, 2.05) is 0 Å². The number of hydrogen-bond acceptors (Lipinski definition) is 3. The largest absolute Gasteiger partial charge is 0.396 e. The van der Waals surface area contributed by atoms with Crippen LogP contribution in [0.4, 0.5) is 0 Å². The van der Waals surface area contributed by atoms with Gasteiger partial charge in [0.1, 0.15) is 0 Å². The lowest BCUT2D eigenvalue weighted by molar-refractivity contribution is -0.207. The summed E-state index contributed by atoms with van der Waals surface area (Å²) in [6, 6.07) is 0. The van der Waals surface area contributed by atoms with Gasteiger partial charge in [0, 0.05) is 6.61 Å². The Morgan fingerprint density at radius 2 is 1.58 bits per heavy atom. The van der Waals surface area contributed by atoms with Crippen LogP contribution in [0.1, 0.15) is 99.8 Å². The molecule has 0 saturated heterocycles. The highest BCUT2D eigenvalue weighted by Gasteiger charge is 2.68. The molecule has 188 valence electrons. The van der Waals surface area contributed by atoms with Gasteiger partial charge in [0.2, 0.25) is 0 Å². The first-order valence-electron chi connectivity index (χ1n) is 13.9. The molecule has 4 fully saturated rings. The molecule has 33 heavy (non-hydrogen) atoms. The van der Waals surface area contributed by atoms with Gasteiger partial charge in [-0.15, -0.1) is 0 Å². The molecule has 10 unspecified atom stereocenters. The third kappa shape index (κ3) is 3.10. The van der Waals surface area contributed by atoms with Gasteiger partial charge in [-0.2, -0.15) is 0 Å². The van der Waals surface area contributed by atoms with E-state index in [1.165, 1.54) is 12.8 Å². The average molecular weight is 459 g/mol. The van der Waals surface area contributed by atoms with Crippen LogP contribution in [0, 0.1) is 56.7 Å². The molecule has 0 aromatic heterocycles. The zero-order valence-electron chi connectivity index (χ0n) is 22.3. The molecular formula is C30H50O3. The second-order valence-corrected chi connectivity index (χ2v) is 15.1. The highest BCUT2D eigenvalue weighted by Crippen LogP contribution is 2.74. The number of aliphatic hydroxyl groups excluding tert-OH is 3. The van der Waals surface area contributed by atoms with Gasteiger partial charge in [-0.3, -0.25) is 0 Å². The Bertz CT molecular complexity index is 828. The van der Waals surface area contributed by atoms with Crippen molar-refractivity contribution < 1.29 is 15.3 Å². The van der Waals surface area contributed by atoms with Gasteiger partial charge in [-0.1, -0.05) is 60.1 Å². The minimum atomic E-state index is -0.305. The third-order valence-electron chi connectivity index (χ3n) is 12.8. The number of aliphatic hydroxyl groups is 3. The van der Waals surface area contributed by atoms with Crippen LogP contribution in [0.15, 0.2) is 11.6 Å². The average Bonchev–Trinajstić information content (AvgIpc) is 2.70. The minimum absolute atomic E-state index is 0.0258. The summed E-state index contributed by atoms with van der Waals surface area (Å²) in [5.41, 5.74) is 2.27. The summed E-state index contributed by atoms with van der Waals surface area (Å²) in [5, 5.41) is 32.7. The SMILES string of the molecule is CC1(C)CC(O)C2C(CO)CC3(C)C(=CCC4C5(C)CCC(O)C(C)(C)C5CCC43C)C2C1. The van der Waals surface area contributed by atoms with Gasteiger partial charge in [0.15, 0.2) is 0 Å². The van der Waals surface area contributed by atoms with Gasteiger partial charge in [0.25, 0.3) is 0 Å². The topological polar surface area (TPSA) is 60.7 Å². The van der Waals surface area contributed by atoms with E-state index in [2.05, 4.69) is 54.5 Å². The summed E-state index contributed by atoms with van der Waals surface area (Å²) in [6.45, 7) is 17.1. The summed E-state index contributed by atoms with van der Waals surface area (Å²) in [5.74, 6) is 1.97. The van der Waals surface area contributed by atoms with Crippen molar-refractivity contribution in [2.45, 2.75) is 112 Å². The maximum Gasteiger partial charge on any atom is 0.0594 e. The lowest BCUT2D eigenvalue weighted by Gasteiger charge is -2.71. The molecule has 5 aliphatic carbocycles. The lowest BCUT2D eigenvalue weighted by Crippen LogP contribution is -2.65. The van der Waals surface area contributed by atoms with Gasteiger partial charge in [-0.05, 0) is 108 Å². The van der Waals surface area contributed by atoms with E-state index >= 15 is 0 Å². The highest BCUT2D eigenvalue weighted by molar-refractivity contribution is 5.33. The molecule has 0 aliphatic heterocycles. The lowest BCUT2D eigenvalue weighted by atomic mass is 9.34. The fourth-order valence-corrected chi connectivity index (χ4v) is 11.0. The molecular weight excluding hydrogens is 408 g/mol. The molecule has 3 heteroatoms. The first kappa shape index (κ1) is 24.3. The predicted octanol–water partition coefficient (Wildman–Crippen LogP) is 5.97. The van der Waals surface area contributed by atoms with Crippen LogP contribution in [0.2, 0.25) is 0 Å². The van der Waals surface area contributed by atoms with Crippen molar-refractivity contribution in [2.75, 3.05) is 6.61 Å². The van der Waals surface area contributed by atoms with Crippen molar-refractivity contribution >= 4 is 0 Å². The van der Waals surface area contributed by atoms with Crippen LogP contribution in [0.25, 0.3) is 0 Å². The van der Waals surface area contributed by atoms with E-state index in [-0.39, 0.29) is 57.7 Å². The van der Waals surface area contributed by atoms with E-state index in [0.29, 0.717) is 17.8 Å². The summed E-state index contributed by atoms with van der Waals surface area (Å²) >= 11 is 0. The normalized spacial score (nSPS) is 54.8. The monoisotopic (exact) mass is 458 g/mol. The van der Waals surface area contributed by atoms with Crippen molar-refractivity contribution in [3.8, 4) is 0 Å². The Hall–Kier alpha value is -0.380. The molecule has 0 bridgehead atoms. The van der Waals surface area contributed by atoms with E-state index in [1.54, 1.807) is 5.57 Å². The molecule has 0 spiro atoms. The maximum atomic E-state index is 11.2. The molecule has 0 heterocycles. The molecule has 5 rings (SSSR count).